The van der Waals surface area contributed by atoms with Gasteiger partial charge in [0.05, 0.1) is 11.3 Å². The Balaban J connectivity index is 1.54. The summed E-state index contributed by atoms with van der Waals surface area (Å²) in [4.78, 5) is 25.1. The first-order valence-corrected chi connectivity index (χ1v) is 10.2. The quantitative estimate of drug-likeness (QED) is 0.827. The van der Waals surface area contributed by atoms with Gasteiger partial charge >= 0.3 is 0 Å². The highest BCUT2D eigenvalue weighted by molar-refractivity contribution is 7.92. The Morgan fingerprint density at radius 1 is 1.15 bits per heavy atom. The maximum absolute atomic E-state index is 12.6. The summed E-state index contributed by atoms with van der Waals surface area (Å²) in [7, 11) is -3.78. The van der Waals surface area contributed by atoms with E-state index in [1.807, 2.05) is 0 Å². The summed E-state index contributed by atoms with van der Waals surface area (Å²) in [5.41, 5.74) is 2.48. The molecule has 0 saturated heterocycles. The number of nitrogens with zero attached hydrogens (tertiary/aromatic N) is 1. The van der Waals surface area contributed by atoms with Gasteiger partial charge in [-0.25, -0.2) is 8.42 Å². The predicted octanol–water partition coefficient (Wildman–Crippen LogP) is 2.50. The summed E-state index contributed by atoms with van der Waals surface area (Å²) in [6.07, 6.45) is 2.16. The zero-order chi connectivity index (χ0) is 19.2. The van der Waals surface area contributed by atoms with E-state index in [9.17, 15) is 18.0 Å². The Morgan fingerprint density at radius 2 is 1.85 bits per heavy atom. The van der Waals surface area contributed by atoms with Crippen molar-refractivity contribution in [1.82, 2.24) is 0 Å². The third-order valence-corrected chi connectivity index (χ3v) is 6.04. The Labute approximate surface area is 157 Å². The van der Waals surface area contributed by atoms with E-state index in [-0.39, 0.29) is 29.2 Å². The average molecular weight is 385 g/mol. The summed E-state index contributed by atoms with van der Waals surface area (Å²) in [5, 5.41) is 2.68. The van der Waals surface area contributed by atoms with Crippen LogP contribution in [0.3, 0.4) is 0 Å². The van der Waals surface area contributed by atoms with Gasteiger partial charge in [-0.2, -0.15) is 0 Å². The van der Waals surface area contributed by atoms with Gasteiger partial charge in [-0.1, -0.05) is 0 Å². The monoisotopic (exact) mass is 385 g/mol. The molecule has 2 N–H and O–H groups in total. The third-order valence-electron chi connectivity index (χ3n) is 4.66. The minimum absolute atomic E-state index is 0.0212. The first-order valence-electron chi connectivity index (χ1n) is 8.69. The molecule has 140 valence electrons. The van der Waals surface area contributed by atoms with Crippen LogP contribution in [0.2, 0.25) is 0 Å². The molecule has 4 rings (SSSR count). The maximum Gasteiger partial charge on any atom is 0.261 e. The van der Waals surface area contributed by atoms with Crippen molar-refractivity contribution < 1.29 is 18.0 Å². The van der Waals surface area contributed by atoms with Crippen LogP contribution in [0.5, 0.6) is 0 Å². The lowest BCUT2D eigenvalue weighted by molar-refractivity contribution is -0.117. The predicted molar refractivity (Wildman–Crippen MR) is 102 cm³/mol. The lowest BCUT2D eigenvalue weighted by Crippen LogP contribution is -2.30. The molecule has 1 heterocycles. The SMILES string of the molecule is CC(=O)N(c1ccc(NS(=O)(=O)c2ccc3c(c2)CC(=O)N3)cc1)C1CC1. The average Bonchev–Trinajstić information content (AvgIpc) is 3.35. The fourth-order valence-electron chi connectivity index (χ4n) is 3.26. The van der Waals surface area contributed by atoms with Crippen LogP contribution >= 0.6 is 0 Å². The van der Waals surface area contributed by atoms with Crippen LogP contribution in [0.1, 0.15) is 25.3 Å². The van der Waals surface area contributed by atoms with Gasteiger partial charge in [0.25, 0.3) is 10.0 Å². The van der Waals surface area contributed by atoms with Crippen molar-refractivity contribution in [2.45, 2.75) is 37.1 Å². The van der Waals surface area contributed by atoms with E-state index in [1.54, 1.807) is 35.2 Å². The minimum atomic E-state index is -3.78. The number of nitrogens with one attached hydrogen (secondary N) is 2. The molecule has 0 bridgehead atoms. The molecule has 2 amide bonds. The van der Waals surface area contributed by atoms with E-state index in [1.165, 1.54) is 19.1 Å². The van der Waals surface area contributed by atoms with Gasteiger partial charge in [-0.3, -0.25) is 14.3 Å². The highest BCUT2D eigenvalue weighted by atomic mass is 32.2. The molecule has 0 aromatic heterocycles. The van der Waals surface area contributed by atoms with Crippen LogP contribution < -0.4 is 14.9 Å². The molecule has 1 aliphatic carbocycles. The van der Waals surface area contributed by atoms with Crippen molar-refractivity contribution >= 4 is 38.9 Å². The number of sulfonamides is 1. The van der Waals surface area contributed by atoms with Gasteiger partial charge in [-0.15, -0.1) is 0 Å². The summed E-state index contributed by atoms with van der Waals surface area (Å²) >= 11 is 0. The summed E-state index contributed by atoms with van der Waals surface area (Å²) in [6.45, 7) is 1.53. The number of benzene rings is 2. The van der Waals surface area contributed by atoms with Gasteiger partial charge in [0, 0.05) is 30.0 Å². The molecular formula is C19H19N3O4S. The zero-order valence-corrected chi connectivity index (χ0v) is 15.5. The first kappa shape index (κ1) is 17.5. The Hall–Kier alpha value is -2.87. The number of carbonyl (C=O) groups is 2. The van der Waals surface area contributed by atoms with Crippen molar-refractivity contribution in [3.8, 4) is 0 Å². The molecule has 1 fully saturated rings. The Morgan fingerprint density at radius 3 is 2.48 bits per heavy atom. The lowest BCUT2D eigenvalue weighted by atomic mass is 10.2. The molecule has 2 aliphatic rings. The third kappa shape index (κ3) is 3.52. The van der Waals surface area contributed by atoms with Crippen LogP contribution in [0.4, 0.5) is 17.1 Å². The summed E-state index contributed by atoms with van der Waals surface area (Å²) in [5.74, 6) is -0.166. The van der Waals surface area contributed by atoms with Gasteiger partial charge in [0.15, 0.2) is 0 Å². The van der Waals surface area contributed by atoms with E-state index in [0.29, 0.717) is 16.9 Å². The standard InChI is InChI=1S/C19H19N3O4S/c1-12(23)22(16-6-7-16)15-4-2-14(3-5-15)21-27(25,26)17-8-9-18-13(10-17)11-19(24)20-18/h2-5,8-10,16,21H,6-7,11H2,1H3,(H,20,24). The normalized spacial score (nSPS) is 15.8. The minimum Gasteiger partial charge on any atom is -0.326 e. The Bertz CT molecular complexity index is 1030. The topological polar surface area (TPSA) is 95.6 Å². The molecule has 1 saturated carbocycles. The van der Waals surface area contributed by atoms with E-state index >= 15 is 0 Å². The molecule has 0 spiro atoms. The van der Waals surface area contributed by atoms with Gasteiger partial charge < -0.3 is 10.2 Å². The molecule has 0 unspecified atom stereocenters. The van der Waals surface area contributed by atoms with Crippen LogP contribution in [0.25, 0.3) is 0 Å². The fourth-order valence-corrected chi connectivity index (χ4v) is 4.37. The lowest BCUT2D eigenvalue weighted by Gasteiger charge is -2.21. The Kier molecular flexibility index (Phi) is 4.15. The number of carbonyl (C=O) groups excluding carboxylic acids is 2. The van der Waals surface area contributed by atoms with Crippen LogP contribution in [0.15, 0.2) is 47.4 Å². The highest BCUT2D eigenvalue weighted by Gasteiger charge is 2.32. The fraction of sp³-hybridized carbons (Fsp3) is 0.263. The van der Waals surface area contributed by atoms with Gasteiger partial charge in [-0.05, 0) is 60.9 Å². The van der Waals surface area contributed by atoms with E-state index in [4.69, 9.17) is 0 Å². The summed E-state index contributed by atoms with van der Waals surface area (Å²) < 4.78 is 27.8. The van der Waals surface area contributed by atoms with Crippen molar-refractivity contribution in [2.75, 3.05) is 14.9 Å². The van der Waals surface area contributed by atoms with E-state index in [0.717, 1.165) is 18.5 Å². The molecule has 0 atom stereocenters. The number of hydrogen-bond donors (Lipinski definition) is 2. The second-order valence-corrected chi connectivity index (χ2v) is 8.50. The second-order valence-electron chi connectivity index (χ2n) is 6.82. The van der Waals surface area contributed by atoms with E-state index < -0.39 is 10.0 Å². The first-order chi connectivity index (χ1) is 12.8. The highest BCUT2D eigenvalue weighted by Crippen LogP contribution is 2.33. The molecule has 7 nitrogen and oxygen atoms in total. The molecule has 8 heteroatoms. The van der Waals surface area contributed by atoms with Crippen LogP contribution in [-0.4, -0.2) is 26.3 Å². The number of rotatable bonds is 5. The van der Waals surface area contributed by atoms with Crippen molar-refractivity contribution in [3.63, 3.8) is 0 Å². The molecule has 2 aromatic carbocycles. The van der Waals surface area contributed by atoms with Gasteiger partial charge in [0.1, 0.15) is 0 Å². The second kappa shape index (κ2) is 6.38. The van der Waals surface area contributed by atoms with Crippen molar-refractivity contribution in [2.24, 2.45) is 0 Å². The van der Waals surface area contributed by atoms with Crippen molar-refractivity contribution in [3.05, 3.63) is 48.0 Å². The number of anilines is 3. The number of fused-ring (bicyclic) bond motifs is 1. The van der Waals surface area contributed by atoms with Crippen LogP contribution in [-0.2, 0) is 26.0 Å². The molecule has 27 heavy (non-hydrogen) atoms. The van der Waals surface area contributed by atoms with Crippen LogP contribution in [0, 0.1) is 0 Å². The smallest absolute Gasteiger partial charge is 0.261 e. The summed E-state index contributed by atoms with van der Waals surface area (Å²) in [6, 6.07) is 11.6. The molecule has 1 aliphatic heterocycles. The molecule has 2 aromatic rings. The molecular weight excluding hydrogens is 366 g/mol. The largest absolute Gasteiger partial charge is 0.326 e. The molecule has 0 radical (unpaired) electrons. The van der Waals surface area contributed by atoms with Gasteiger partial charge in [0.2, 0.25) is 11.8 Å². The van der Waals surface area contributed by atoms with Crippen molar-refractivity contribution in [1.29, 1.82) is 0 Å². The zero-order valence-electron chi connectivity index (χ0n) is 14.7. The number of amides is 2. The number of hydrogen-bond acceptors (Lipinski definition) is 4. The van der Waals surface area contributed by atoms with E-state index in [2.05, 4.69) is 10.0 Å². The maximum atomic E-state index is 12.6.